The van der Waals surface area contributed by atoms with Gasteiger partial charge in [0.25, 0.3) is 0 Å². The molecule has 0 saturated carbocycles. The minimum atomic E-state index is -0.254. The number of pyridine rings is 1. The van der Waals surface area contributed by atoms with Crippen molar-refractivity contribution in [2.45, 2.75) is 25.3 Å². The van der Waals surface area contributed by atoms with E-state index in [0.29, 0.717) is 0 Å². The van der Waals surface area contributed by atoms with Crippen LogP contribution in [0.4, 0.5) is 4.39 Å². The van der Waals surface area contributed by atoms with E-state index in [1.165, 1.54) is 30.0 Å². The summed E-state index contributed by atoms with van der Waals surface area (Å²) in [6, 6.07) is 9.69. The average molecular weight is 328 g/mol. The molecule has 0 amide bonds. The van der Waals surface area contributed by atoms with Crippen LogP contribution in [0, 0.1) is 18.7 Å². The highest BCUT2D eigenvalue weighted by atomic mass is 32.2. The number of allylic oxidation sites excluding steroid dienone is 1. The standard InChI is InChI=1S/C18H17FN2OS/c1-3-12-10-15(13-5-7-14(19)8-6-13)20-18(12)23-17-11(2)4-9-16(22)21-17/h4-10,12H,3H2,1-2H3,(H,21,22). The van der Waals surface area contributed by atoms with Crippen LogP contribution in [-0.4, -0.2) is 10.0 Å². The summed E-state index contributed by atoms with van der Waals surface area (Å²) in [6.07, 6.45) is 3.03. The molecule has 23 heavy (non-hydrogen) atoms. The van der Waals surface area contributed by atoms with E-state index in [-0.39, 0.29) is 17.3 Å². The lowest BCUT2D eigenvalue weighted by Crippen LogP contribution is -2.09. The maximum Gasteiger partial charge on any atom is 0.248 e. The molecule has 3 nitrogen and oxygen atoms in total. The van der Waals surface area contributed by atoms with Gasteiger partial charge >= 0.3 is 0 Å². The number of nitrogens with zero attached hydrogens (tertiary/aromatic N) is 1. The minimum Gasteiger partial charge on any atom is -0.317 e. The summed E-state index contributed by atoms with van der Waals surface area (Å²) in [6.45, 7) is 4.06. The number of aliphatic imine (C=N–C) groups is 1. The first-order chi connectivity index (χ1) is 11.1. The van der Waals surface area contributed by atoms with Crippen LogP contribution in [0.15, 0.2) is 57.3 Å². The Balaban J connectivity index is 1.90. The van der Waals surface area contributed by atoms with Gasteiger partial charge in [-0.2, -0.15) is 0 Å². The first-order valence-electron chi connectivity index (χ1n) is 7.51. The topological polar surface area (TPSA) is 45.2 Å². The second-order valence-corrected chi connectivity index (χ2v) is 6.49. The van der Waals surface area contributed by atoms with Gasteiger partial charge in [-0.15, -0.1) is 0 Å². The van der Waals surface area contributed by atoms with E-state index < -0.39 is 0 Å². The average Bonchev–Trinajstić information content (AvgIpc) is 2.94. The lowest BCUT2D eigenvalue weighted by molar-refractivity contribution is 0.627. The zero-order valence-corrected chi connectivity index (χ0v) is 13.8. The van der Waals surface area contributed by atoms with Crippen LogP contribution in [0.3, 0.4) is 0 Å². The molecule has 0 fully saturated rings. The number of benzene rings is 1. The van der Waals surface area contributed by atoms with Crippen LogP contribution in [0.25, 0.3) is 5.70 Å². The van der Waals surface area contributed by atoms with Crippen molar-refractivity contribution >= 4 is 22.5 Å². The highest BCUT2D eigenvalue weighted by Gasteiger charge is 2.22. The zero-order chi connectivity index (χ0) is 16.4. The largest absolute Gasteiger partial charge is 0.317 e. The lowest BCUT2D eigenvalue weighted by atomic mass is 10.1. The van der Waals surface area contributed by atoms with Crippen molar-refractivity contribution in [1.29, 1.82) is 0 Å². The zero-order valence-electron chi connectivity index (χ0n) is 13.0. The molecule has 118 valence electrons. The maximum atomic E-state index is 13.1. The number of H-pyrrole nitrogens is 1. The SMILES string of the molecule is CCC1C=C(c2ccc(F)cc2)N=C1Sc1[nH]c(=O)ccc1C. The Morgan fingerprint density at radius 2 is 1.96 bits per heavy atom. The molecule has 2 aromatic rings. The Hall–Kier alpha value is -2.14. The molecule has 5 heteroatoms. The Bertz CT molecular complexity index is 837. The molecule has 1 unspecified atom stereocenters. The van der Waals surface area contributed by atoms with Gasteiger partial charge in [0.15, 0.2) is 0 Å². The molecular formula is C18H17FN2OS. The summed E-state index contributed by atoms with van der Waals surface area (Å²) in [5.74, 6) is -0.0430. The molecule has 0 spiro atoms. The van der Waals surface area contributed by atoms with Crippen LogP contribution in [-0.2, 0) is 0 Å². The number of thioether (sulfide) groups is 1. The van der Waals surface area contributed by atoms with Gasteiger partial charge in [0.05, 0.1) is 15.8 Å². The Kier molecular flexibility index (Phi) is 4.48. The molecule has 0 aliphatic carbocycles. The first kappa shape index (κ1) is 15.7. The van der Waals surface area contributed by atoms with E-state index in [1.807, 2.05) is 13.0 Å². The molecule has 1 atom stereocenters. The predicted molar refractivity (Wildman–Crippen MR) is 93.2 cm³/mol. The van der Waals surface area contributed by atoms with Crippen LogP contribution >= 0.6 is 11.8 Å². The maximum absolute atomic E-state index is 13.1. The molecule has 0 saturated heterocycles. The number of hydrogen-bond donors (Lipinski definition) is 1. The number of nitrogens with one attached hydrogen (secondary N) is 1. The fourth-order valence-electron chi connectivity index (χ4n) is 2.41. The van der Waals surface area contributed by atoms with E-state index in [9.17, 15) is 9.18 Å². The summed E-state index contributed by atoms with van der Waals surface area (Å²) in [5.41, 5.74) is 2.66. The highest BCUT2D eigenvalue weighted by molar-refractivity contribution is 8.14. The quantitative estimate of drug-likeness (QED) is 0.908. The van der Waals surface area contributed by atoms with Crippen molar-refractivity contribution in [3.63, 3.8) is 0 Å². The van der Waals surface area contributed by atoms with Crippen molar-refractivity contribution in [3.8, 4) is 0 Å². The third kappa shape index (κ3) is 3.45. The fraction of sp³-hybridized carbons (Fsp3) is 0.222. The van der Waals surface area contributed by atoms with Crippen molar-refractivity contribution in [2.75, 3.05) is 0 Å². The predicted octanol–water partition coefficient (Wildman–Crippen LogP) is 4.39. The van der Waals surface area contributed by atoms with E-state index in [2.05, 4.69) is 18.0 Å². The lowest BCUT2D eigenvalue weighted by Gasteiger charge is -2.09. The van der Waals surface area contributed by atoms with Gasteiger partial charge < -0.3 is 4.98 Å². The fourth-order valence-corrected chi connectivity index (χ4v) is 3.53. The van der Waals surface area contributed by atoms with Gasteiger partial charge in [-0.1, -0.05) is 24.8 Å². The number of aryl methyl sites for hydroxylation is 1. The van der Waals surface area contributed by atoms with Gasteiger partial charge in [-0.25, -0.2) is 9.38 Å². The van der Waals surface area contributed by atoms with Crippen LogP contribution in [0.2, 0.25) is 0 Å². The molecule has 0 bridgehead atoms. The van der Waals surface area contributed by atoms with Gasteiger partial charge in [0.1, 0.15) is 5.82 Å². The molecule has 3 rings (SSSR count). The third-order valence-corrected chi connectivity index (χ3v) is 5.00. The van der Waals surface area contributed by atoms with Crippen LogP contribution in [0.5, 0.6) is 0 Å². The first-order valence-corrected chi connectivity index (χ1v) is 8.32. The van der Waals surface area contributed by atoms with Crippen LogP contribution < -0.4 is 5.56 Å². The number of aromatic amines is 1. The van der Waals surface area contributed by atoms with Crippen molar-refractivity contribution in [2.24, 2.45) is 10.9 Å². The van der Waals surface area contributed by atoms with Gasteiger partial charge in [-0.05, 0) is 49.2 Å². The van der Waals surface area contributed by atoms with Crippen LogP contribution in [0.1, 0.15) is 24.5 Å². The summed E-state index contributed by atoms with van der Waals surface area (Å²) >= 11 is 1.49. The van der Waals surface area contributed by atoms with Gasteiger partial charge in [0, 0.05) is 17.5 Å². The number of hydrogen-bond acceptors (Lipinski definition) is 3. The van der Waals surface area contributed by atoms with E-state index in [0.717, 1.165) is 33.3 Å². The second-order valence-electron chi connectivity index (χ2n) is 5.46. The molecule has 1 aromatic carbocycles. The number of aromatic nitrogens is 1. The summed E-state index contributed by atoms with van der Waals surface area (Å²) in [5, 5.41) is 1.78. The molecule has 1 aliphatic heterocycles. The highest BCUT2D eigenvalue weighted by Crippen LogP contribution is 2.35. The molecule has 2 heterocycles. The molecule has 1 N–H and O–H groups in total. The van der Waals surface area contributed by atoms with E-state index in [4.69, 9.17) is 4.99 Å². The van der Waals surface area contributed by atoms with Crippen molar-refractivity contribution < 1.29 is 4.39 Å². The van der Waals surface area contributed by atoms with E-state index >= 15 is 0 Å². The second kappa shape index (κ2) is 6.54. The number of rotatable bonds is 3. The molecular weight excluding hydrogens is 311 g/mol. The van der Waals surface area contributed by atoms with E-state index in [1.54, 1.807) is 12.1 Å². The smallest absolute Gasteiger partial charge is 0.248 e. The normalized spacial score (nSPS) is 17.1. The monoisotopic (exact) mass is 328 g/mol. The minimum absolute atomic E-state index is 0.114. The molecule has 1 aromatic heterocycles. The number of halogens is 1. The van der Waals surface area contributed by atoms with Gasteiger partial charge in [0.2, 0.25) is 5.56 Å². The molecule has 1 aliphatic rings. The van der Waals surface area contributed by atoms with Crippen molar-refractivity contribution in [1.82, 2.24) is 4.98 Å². The van der Waals surface area contributed by atoms with Gasteiger partial charge in [-0.3, -0.25) is 4.79 Å². The Morgan fingerprint density at radius 1 is 1.22 bits per heavy atom. The summed E-state index contributed by atoms with van der Waals surface area (Å²) in [7, 11) is 0. The Labute approximate surface area is 138 Å². The summed E-state index contributed by atoms with van der Waals surface area (Å²) < 4.78 is 13.1. The summed E-state index contributed by atoms with van der Waals surface area (Å²) in [4.78, 5) is 19.1. The van der Waals surface area contributed by atoms with Crippen molar-refractivity contribution in [3.05, 3.63) is 69.8 Å². The Morgan fingerprint density at radius 3 is 2.65 bits per heavy atom. The third-order valence-electron chi connectivity index (χ3n) is 3.77. The molecule has 0 radical (unpaired) electrons.